The highest BCUT2D eigenvalue weighted by Crippen LogP contribution is 2.26. The fourth-order valence-corrected chi connectivity index (χ4v) is 3.17. The summed E-state index contributed by atoms with van der Waals surface area (Å²) in [6.07, 6.45) is 6.54. The minimum Gasteiger partial charge on any atom is -0.353 e. The Morgan fingerprint density at radius 3 is 2.91 bits per heavy atom. The average Bonchev–Trinajstić information content (AvgIpc) is 3.35. The maximum atomic E-state index is 12.3. The minimum atomic E-state index is -0.153. The molecule has 0 spiro atoms. The third-order valence-corrected chi connectivity index (χ3v) is 4.99. The predicted octanol–water partition coefficient (Wildman–Crippen LogP) is 0.370. The van der Waals surface area contributed by atoms with Crippen molar-refractivity contribution < 1.29 is 4.79 Å². The van der Waals surface area contributed by atoms with Crippen LogP contribution in [0.3, 0.4) is 0 Å². The molecular formula is C16H27N5O2. The van der Waals surface area contributed by atoms with Gasteiger partial charge in [0.2, 0.25) is 5.91 Å². The Bertz CT molecular complexity index is 616. The third kappa shape index (κ3) is 3.83. The first-order chi connectivity index (χ1) is 11.1. The van der Waals surface area contributed by atoms with E-state index in [0.717, 1.165) is 38.1 Å². The second kappa shape index (κ2) is 6.86. The van der Waals surface area contributed by atoms with Gasteiger partial charge < -0.3 is 5.32 Å². The number of hydrogen-bond donors (Lipinski definition) is 1. The molecule has 1 atom stereocenters. The third-order valence-electron chi connectivity index (χ3n) is 4.99. The Morgan fingerprint density at radius 2 is 2.17 bits per heavy atom. The van der Waals surface area contributed by atoms with Gasteiger partial charge >= 0.3 is 5.69 Å². The normalized spacial score (nSPS) is 19.3. The molecule has 1 aromatic heterocycles. The van der Waals surface area contributed by atoms with E-state index in [1.807, 2.05) is 0 Å². The van der Waals surface area contributed by atoms with E-state index < -0.39 is 0 Å². The molecule has 0 unspecified atom stereocenters. The fraction of sp³-hybridized carbons (Fsp3) is 0.812. The van der Waals surface area contributed by atoms with Gasteiger partial charge in [0.1, 0.15) is 12.4 Å². The Labute approximate surface area is 136 Å². The molecule has 3 rings (SSSR count). The quantitative estimate of drug-likeness (QED) is 0.822. The minimum absolute atomic E-state index is 0.0126. The van der Waals surface area contributed by atoms with Gasteiger partial charge in [0.05, 0.1) is 0 Å². The van der Waals surface area contributed by atoms with Gasteiger partial charge in [0.25, 0.3) is 0 Å². The molecule has 0 aromatic carbocycles. The number of amides is 1. The highest BCUT2D eigenvalue weighted by atomic mass is 16.2. The summed E-state index contributed by atoms with van der Waals surface area (Å²) in [5.41, 5.74) is -0.153. The summed E-state index contributed by atoms with van der Waals surface area (Å²) in [5, 5.41) is 7.27. The van der Waals surface area contributed by atoms with Crippen LogP contribution in [0.4, 0.5) is 0 Å². The van der Waals surface area contributed by atoms with Crippen LogP contribution in [0.2, 0.25) is 0 Å². The van der Waals surface area contributed by atoms with E-state index in [2.05, 4.69) is 29.3 Å². The van der Waals surface area contributed by atoms with Crippen molar-refractivity contribution in [3.05, 3.63) is 16.3 Å². The maximum Gasteiger partial charge on any atom is 0.346 e. The number of nitrogens with zero attached hydrogens (tertiary/aromatic N) is 4. The number of nitrogens with one attached hydrogen (secondary N) is 1. The van der Waals surface area contributed by atoms with Crippen LogP contribution in [0, 0.1) is 0 Å². The molecule has 23 heavy (non-hydrogen) atoms. The summed E-state index contributed by atoms with van der Waals surface area (Å²) in [4.78, 5) is 26.8. The Hall–Kier alpha value is -1.63. The molecule has 0 bridgehead atoms. The van der Waals surface area contributed by atoms with Crippen molar-refractivity contribution >= 4 is 5.91 Å². The molecule has 2 aliphatic rings. The first-order valence-electron chi connectivity index (χ1n) is 8.71. The van der Waals surface area contributed by atoms with Crippen molar-refractivity contribution in [2.75, 3.05) is 13.6 Å². The van der Waals surface area contributed by atoms with Crippen LogP contribution >= 0.6 is 0 Å². The molecule has 1 N–H and O–H groups in total. The number of carbonyl (C=O) groups is 1. The Balaban J connectivity index is 1.54. The second-order valence-electron chi connectivity index (χ2n) is 6.87. The number of carbonyl (C=O) groups excluding carboxylic acids is 1. The van der Waals surface area contributed by atoms with Crippen molar-refractivity contribution in [2.45, 2.75) is 70.6 Å². The molecule has 2 heterocycles. The molecule has 1 fully saturated rings. The van der Waals surface area contributed by atoms with Gasteiger partial charge in [-0.3, -0.25) is 14.3 Å². The molecule has 7 nitrogen and oxygen atoms in total. The SMILES string of the molecule is C[C@@H](CNC(=O)Cn1nc2n(c1=O)CCCCC2)N(C)C1CC1. The summed E-state index contributed by atoms with van der Waals surface area (Å²) in [7, 11) is 2.10. The topological polar surface area (TPSA) is 72.2 Å². The average molecular weight is 321 g/mol. The number of hydrogen-bond acceptors (Lipinski definition) is 4. The van der Waals surface area contributed by atoms with Crippen LogP contribution in [-0.4, -0.2) is 50.8 Å². The van der Waals surface area contributed by atoms with Crippen molar-refractivity contribution in [2.24, 2.45) is 0 Å². The lowest BCUT2D eigenvalue weighted by Crippen LogP contribution is -2.42. The Kier molecular flexibility index (Phi) is 4.84. The van der Waals surface area contributed by atoms with Crippen LogP contribution < -0.4 is 11.0 Å². The molecule has 128 valence electrons. The first-order valence-corrected chi connectivity index (χ1v) is 8.71. The summed E-state index contributed by atoms with van der Waals surface area (Å²) >= 11 is 0. The van der Waals surface area contributed by atoms with Gasteiger partial charge in [0, 0.05) is 31.6 Å². The Morgan fingerprint density at radius 1 is 1.39 bits per heavy atom. The van der Waals surface area contributed by atoms with Crippen LogP contribution in [0.15, 0.2) is 4.79 Å². The molecule has 1 amide bonds. The molecular weight excluding hydrogens is 294 g/mol. The van der Waals surface area contributed by atoms with Crippen molar-refractivity contribution in [3.8, 4) is 0 Å². The van der Waals surface area contributed by atoms with E-state index in [4.69, 9.17) is 0 Å². The number of fused-ring (bicyclic) bond motifs is 1. The van der Waals surface area contributed by atoms with Gasteiger partial charge in [-0.2, -0.15) is 5.10 Å². The number of aromatic nitrogens is 3. The van der Waals surface area contributed by atoms with Crippen LogP contribution in [-0.2, 0) is 24.3 Å². The van der Waals surface area contributed by atoms with E-state index in [1.165, 1.54) is 17.5 Å². The smallest absolute Gasteiger partial charge is 0.346 e. The number of likely N-dealkylation sites (N-methyl/N-ethyl adjacent to an activating group) is 1. The molecule has 1 saturated carbocycles. The molecule has 1 aliphatic carbocycles. The second-order valence-corrected chi connectivity index (χ2v) is 6.87. The molecule has 0 radical (unpaired) electrons. The summed E-state index contributed by atoms with van der Waals surface area (Å²) < 4.78 is 3.04. The van der Waals surface area contributed by atoms with E-state index in [-0.39, 0.29) is 18.1 Å². The maximum absolute atomic E-state index is 12.3. The number of rotatable bonds is 6. The van der Waals surface area contributed by atoms with Crippen molar-refractivity contribution in [1.29, 1.82) is 0 Å². The van der Waals surface area contributed by atoms with Crippen molar-refractivity contribution in [1.82, 2.24) is 24.6 Å². The molecule has 0 saturated heterocycles. The highest BCUT2D eigenvalue weighted by molar-refractivity contribution is 5.75. The van der Waals surface area contributed by atoms with E-state index in [1.54, 1.807) is 4.57 Å². The van der Waals surface area contributed by atoms with Gasteiger partial charge in [-0.05, 0) is 39.7 Å². The first kappa shape index (κ1) is 16.2. The van der Waals surface area contributed by atoms with Crippen LogP contribution in [0.5, 0.6) is 0 Å². The van der Waals surface area contributed by atoms with Gasteiger partial charge in [-0.15, -0.1) is 0 Å². The largest absolute Gasteiger partial charge is 0.353 e. The summed E-state index contributed by atoms with van der Waals surface area (Å²) in [5.74, 6) is 0.679. The molecule has 1 aliphatic heterocycles. The monoisotopic (exact) mass is 321 g/mol. The zero-order valence-corrected chi connectivity index (χ0v) is 14.1. The highest BCUT2D eigenvalue weighted by Gasteiger charge is 2.29. The van der Waals surface area contributed by atoms with E-state index in [9.17, 15) is 9.59 Å². The summed E-state index contributed by atoms with van der Waals surface area (Å²) in [6, 6.07) is 0.982. The fourth-order valence-electron chi connectivity index (χ4n) is 3.17. The van der Waals surface area contributed by atoms with Gasteiger partial charge in [-0.25, -0.2) is 9.48 Å². The van der Waals surface area contributed by atoms with E-state index >= 15 is 0 Å². The van der Waals surface area contributed by atoms with Crippen LogP contribution in [0.1, 0.15) is 44.9 Å². The zero-order chi connectivity index (χ0) is 16.4. The zero-order valence-electron chi connectivity index (χ0n) is 14.1. The number of aryl methyl sites for hydroxylation is 1. The predicted molar refractivity (Wildman–Crippen MR) is 87.3 cm³/mol. The van der Waals surface area contributed by atoms with Gasteiger partial charge in [0.15, 0.2) is 0 Å². The molecule has 1 aromatic rings. The van der Waals surface area contributed by atoms with E-state index in [0.29, 0.717) is 18.6 Å². The van der Waals surface area contributed by atoms with Crippen molar-refractivity contribution in [3.63, 3.8) is 0 Å². The lowest BCUT2D eigenvalue weighted by atomic mass is 10.2. The lowest BCUT2D eigenvalue weighted by Gasteiger charge is -2.24. The molecule has 7 heteroatoms. The van der Waals surface area contributed by atoms with Gasteiger partial charge in [-0.1, -0.05) is 6.42 Å². The lowest BCUT2D eigenvalue weighted by molar-refractivity contribution is -0.122. The standard InChI is InChI=1S/C16H27N5O2/c1-12(19(2)13-7-8-13)10-17-15(22)11-21-16(23)20-9-5-3-4-6-14(20)18-21/h12-13H,3-11H2,1-2H3,(H,17,22)/t12-/m0/s1. The summed E-state index contributed by atoms with van der Waals surface area (Å²) in [6.45, 7) is 3.45. The van der Waals surface area contributed by atoms with Crippen LogP contribution in [0.25, 0.3) is 0 Å².